The minimum Gasteiger partial charge on any atom is -0.298 e. The molecule has 0 aliphatic carbocycles. The van der Waals surface area contributed by atoms with E-state index < -0.39 is 17.5 Å². The van der Waals surface area contributed by atoms with Crippen molar-refractivity contribution in [1.82, 2.24) is 0 Å². The minimum absolute atomic E-state index is 0.135. The standard InChI is InChI=1S/C7H8F3NO/c1-3-5(4-12)6(11-2)7(8,9)10/h3-4H,1-2H3/b5-3-,11-6?. The van der Waals surface area contributed by atoms with Gasteiger partial charge in [0.05, 0.1) is 0 Å². The third-order valence-electron chi connectivity index (χ3n) is 1.20. The number of halogens is 3. The number of rotatable bonds is 2. The molecule has 0 spiro atoms. The Kier molecular flexibility index (Phi) is 3.66. The predicted molar refractivity (Wildman–Crippen MR) is 39.2 cm³/mol. The second kappa shape index (κ2) is 4.04. The molecule has 0 bridgehead atoms. The lowest BCUT2D eigenvalue weighted by molar-refractivity contribution is -0.105. The lowest BCUT2D eigenvalue weighted by Gasteiger charge is -2.08. The van der Waals surface area contributed by atoms with Crippen LogP contribution in [0.5, 0.6) is 0 Å². The molecule has 0 aromatic heterocycles. The molecule has 0 rings (SSSR count). The molecular weight excluding hydrogens is 171 g/mol. The van der Waals surface area contributed by atoms with E-state index in [9.17, 15) is 18.0 Å². The van der Waals surface area contributed by atoms with Crippen molar-refractivity contribution in [3.8, 4) is 0 Å². The maximum absolute atomic E-state index is 12.0. The Hall–Kier alpha value is -1.13. The summed E-state index contributed by atoms with van der Waals surface area (Å²) in [5.74, 6) is 0. The van der Waals surface area contributed by atoms with Crippen molar-refractivity contribution in [2.75, 3.05) is 7.05 Å². The fourth-order valence-corrected chi connectivity index (χ4v) is 0.680. The van der Waals surface area contributed by atoms with E-state index in [-0.39, 0.29) is 6.29 Å². The van der Waals surface area contributed by atoms with Crippen LogP contribution in [0.3, 0.4) is 0 Å². The largest absolute Gasteiger partial charge is 0.433 e. The topological polar surface area (TPSA) is 29.4 Å². The van der Waals surface area contributed by atoms with E-state index in [1.807, 2.05) is 0 Å². The monoisotopic (exact) mass is 179 g/mol. The van der Waals surface area contributed by atoms with Crippen molar-refractivity contribution in [2.45, 2.75) is 13.1 Å². The predicted octanol–water partition coefficient (Wildman–Crippen LogP) is 1.76. The van der Waals surface area contributed by atoms with Crippen LogP contribution in [0.2, 0.25) is 0 Å². The zero-order valence-corrected chi connectivity index (χ0v) is 6.64. The van der Waals surface area contributed by atoms with Gasteiger partial charge in [-0.05, 0) is 6.92 Å². The molecule has 0 saturated carbocycles. The van der Waals surface area contributed by atoms with Gasteiger partial charge in [-0.2, -0.15) is 13.2 Å². The smallest absolute Gasteiger partial charge is 0.298 e. The molecule has 0 saturated heterocycles. The number of allylic oxidation sites excluding steroid dienone is 2. The highest BCUT2D eigenvalue weighted by molar-refractivity contribution is 6.17. The van der Waals surface area contributed by atoms with Crippen LogP contribution in [0.1, 0.15) is 6.92 Å². The quantitative estimate of drug-likeness (QED) is 0.361. The number of aldehydes is 1. The fourth-order valence-electron chi connectivity index (χ4n) is 0.680. The van der Waals surface area contributed by atoms with Crippen LogP contribution in [0, 0.1) is 0 Å². The molecule has 0 N–H and O–H groups in total. The summed E-state index contributed by atoms with van der Waals surface area (Å²) in [6.45, 7) is 1.35. The van der Waals surface area contributed by atoms with Crippen molar-refractivity contribution in [3.05, 3.63) is 11.6 Å². The Morgan fingerprint density at radius 2 is 1.92 bits per heavy atom. The van der Waals surface area contributed by atoms with Crippen molar-refractivity contribution in [3.63, 3.8) is 0 Å². The lowest BCUT2D eigenvalue weighted by Crippen LogP contribution is -2.25. The molecule has 12 heavy (non-hydrogen) atoms. The van der Waals surface area contributed by atoms with E-state index in [4.69, 9.17) is 0 Å². The van der Waals surface area contributed by atoms with Gasteiger partial charge >= 0.3 is 6.18 Å². The molecule has 0 aromatic rings. The lowest BCUT2D eigenvalue weighted by atomic mass is 10.1. The van der Waals surface area contributed by atoms with E-state index in [1.165, 1.54) is 6.92 Å². The number of nitrogens with zero attached hydrogens (tertiary/aromatic N) is 1. The fraction of sp³-hybridized carbons (Fsp3) is 0.429. The molecule has 0 atom stereocenters. The van der Waals surface area contributed by atoms with Crippen LogP contribution in [-0.4, -0.2) is 25.2 Å². The number of carbonyl (C=O) groups is 1. The van der Waals surface area contributed by atoms with E-state index in [1.54, 1.807) is 0 Å². The average molecular weight is 179 g/mol. The zero-order chi connectivity index (χ0) is 9.78. The van der Waals surface area contributed by atoms with Gasteiger partial charge in [0.25, 0.3) is 0 Å². The van der Waals surface area contributed by atoms with Crippen molar-refractivity contribution >= 4 is 12.0 Å². The van der Waals surface area contributed by atoms with Gasteiger partial charge in [0.1, 0.15) is 5.71 Å². The second-order valence-corrected chi connectivity index (χ2v) is 1.93. The van der Waals surface area contributed by atoms with Crippen LogP contribution >= 0.6 is 0 Å². The number of hydrogen-bond acceptors (Lipinski definition) is 2. The van der Waals surface area contributed by atoms with Crippen molar-refractivity contribution < 1.29 is 18.0 Å². The maximum Gasteiger partial charge on any atom is 0.433 e. The van der Waals surface area contributed by atoms with Crippen LogP contribution in [-0.2, 0) is 4.79 Å². The van der Waals surface area contributed by atoms with E-state index in [0.29, 0.717) is 0 Å². The van der Waals surface area contributed by atoms with Crippen molar-refractivity contribution in [2.24, 2.45) is 4.99 Å². The first-order valence-corrected chi connectivity index (χ1v) is 3.13. The summed E-state index contributed by atoms with van der Waals surface area (Å²) in [6.07, 6.45) is -3.35. The molecular formula is C7H8F3NO. The molecule has 0 heterocycles. The second-order valence-electron chi connectivity index (χ2n) is 1.93. The Labute approximate surface area is 67.8 Å². The number of aliphatic imine (C=N–C) groups is 1. The van der Waals surface area contributed by atoms with Gasteiger partial charge in [-0.25, -0.2) is 0 Å². The number of carbonyl (C=O) groups excluding carboxylic acids is 1. The highest BCUT2D eigenvalue weighted by Crippen LogP contribution is 2.21. The van der Waals surface area contributed by atoms with Gasteiger partial charge in [-0.3, -0.25) is 9.79 Å². The van der Waals surface area contributed by atoms with Gasteiger partial charge < -0.3 is 0 Å². The molecule has 5 heteroatoms. The van der Waals surface area contributed by atoms with E-state index in [2.05, 4.69) is 4.99 Å². The summed E-state index contributed by atoms with van der Waals surface area (Å²) in [7, 11) is 0.996. The molecule has 0 unspecified atom stereocenters. The molecule has 0 radical (unpaired) electrons. The summed E-state index contributed by atoms with van der Waals surface area (Å²) >= 11 is 0. The third-order valence-corrected chi connectivity index (χ3v) is 1.20. The van der Waals surface area contributed by atoms with Crippen LogP contribution in [0.4, 0.5) is 13.2 Å². The summed E-state index contributed by atoms with van der Waals surface area (Å²) in [5.41, 5.74) is -1.58. The van der Waals surface area contributed by atoms with Gasteiger partial charge in [-0.15, -0.1) is 0 Å². The number of alkyl halides is 3. The summed E-state index contributed by atoms with van der Waals surface area (Å²) in [6, 6.07) is 0. The Balaban J connectivity index is 4.95. The first kappa shape index (κ1) is 10.9. The molecule has 68 valence electrons. The third kappa shape index (κ3) is 2.48. The molecule has 0 aliphatic rings. The molecule has 0 fully saturated rings. The normalized spacial score (nSPS) is 14.8. The summed E-state index contributed by atoms with van der Waals surface area (Å²) in [5, 5.41) is 0. The first-order chi connectivity index (χ1) is 5.47. The summed E-state index contributed by atoms with van der Waals surface area (Å²) < 4.78 is 36.0. The van der Waals surface area contributed by atoms with Gasteiger partial charge in [-0.1, -0.05) is 6.08 Å². The molecule has 2 nitrogen and oxygen atoms in total. The number of hydrogen-bond donors (Lipinski definition) is 0. The highest BCUT2D eigenvalue weighted by Gasteiger charge is 2.36. The SMILES string of the molecule is C/C=C(/C=O)C(=NC)C(F)(F)F. The Morgan fingerprint density at radius 3 is 2.00 bits per heavy atom. The summed E-state index contributed by atoms with van der Waals surface area (Å²) in [4.78, 5) is 13.1. The maximum atomic E-state index is 12.0. The first-order valence-electron chi connectivity index (χ1n) is 3.13. The van der Waals surface area contributed by atoms with E-state index in [0.717, 1.165) is 13.1 Å². The van der Waals surface area contributed by atoms with Gasteiger partial charge in [0.15, 0.2) is 6.29 Å². The molecule has 0 aromatic carbocycles. The van der Waals surface area contributed by atoms with Gasteiger partial charge in [0, 0.05) is 12.6 Å². The average Bonchev–Trinajstić information content (AvgIpc) is 1.97. The molecule has 0 aliphatic heterocycles. The van der Waals surface area contributed by atoms with E-state index >= 15 is 0 Å². The minimum atomic E-state index is -4.56. The Bertz CT molecular complexity index is 227. The Morgan fingerprint density at radius 1 is 1.42 bits per heavy atom. The van der Waals surface area contributed by atoms with Crippen molar-refractivity contribution in [1.29, 1.82) is 0 Å². The van der Waals surface area contributed by atoms with Crippen LogP contribution in [0.25, 0.3) is 0 Å². The van der Waals surface area contributed by atoms with Crippen LogP contribution in [0.15, 0.2) is 16.6 Å². The molecule has 0 amide bonds. The van der Waals surface area contributed by atoms with Gasteiger partial charge in [0.2, 0.25) is 0 Å². The zero-order valence-electron chi connectivity index (χ0n) is 6.64. The van der Waals surface area contributed by atoms with Crippen LogP contribution < -0.4 is 0 Å². The highest BCUT2D eigenvalue weighted by atomic mass is 19.4.